The zero-order chi connectivity index (χ0) is 21.0. The molecule has 3 aromatic rings. The van der Waals surface area contributed by atoms with Crippen LogP contribution in [0.3, 0.4) is 0 Å². The van der Waals surface area contributed by atoms with Crippen molar-refractivity contribution in [3.63, 3.8) is 0 Å². The van der Waals surface area contributed by atoms with Crippen LogP contribution in [0, 0.1) is 6.92 Å². The Morgan fingerprint density at radius 1 is 1.14 bits per heavy atom. The third kappa shape index (κ3) is 4.63. The molecule has 0 bridgehead atoms. The van der Waals surface area contributed by atoms with Gasteiger partial charge in [0.25, 0.3) is 11.8 Å². The first-order chi connectivity index (χ1) is 13.9. The number of aryl methyl sites for hydroxylation is 2. The summed E-state index contributed by atoms with van der Waals surface area (Å²) in [6.07, 6.45) is 0. The molecule has 0 fully saturated rings. The lowest BCUT2D eigenvalue weighted by Gasteiger charge is -2.09. The third-order valence-corrected chi connectivity index (χ3v) is 4.31. The topological polar surface area (TPSA) is 115 Å². The normalized spacial score (nSPS) is 10.7. The SMILES string of the molecule is CCOc1ccc2c(C(=O)NCCNC(=O)c3cc(C)n(C)n3)cc(=O)oc2c1. The fraction of sp³-hybridized carbons (Fsp3) is 0.300. The largest absolute Gasteiger partial charge is 0.494 e. The third-order valence-electron chi connectivity index (χ3n) is 4.31. The van der Waals surface area contributed by atoms with E-state index in [0.717, 1.165) is 11.8 Å². The van der Waals surface area contributed by atoms with Gasteiger partial charge >= 0.3 is 5.63 Å². The molecule has 1 aromatic carbocycles. The van der Waals surface area contributed by atoms with Crippen molar-refractivity contribution in [2.45, 2.75) is 13.8 Å². The molecule has 0 radical (unpaired) electrons. The monoisotopic (exact) mass is 398 g/mol. The van der Waals surface area contributed by atoms with Crippen molar-refractivity contribution in [3.8, 4) is 5.75 Å². The van der Waals surface area contributed by atoms with Crippen molar-refractivity contribution < 1.29 is 18.7 Å². The van der Waals surface area contributed by atoms with Crippen molar-refractivity contribution in [2.75, 3.05) is 19.7 Å². The number of nitrogens with zero attached hydrogens (tertiary/aromatic N) is 2. The molecule has 0 aliphatic rings. The summed E-state index contributed by atoms with van der Waals surface area (Å²) in [5.41, 5.74) is 1.02. The van der Waals surface area contributed by atoms with Gasteiger partial charge in [-0.3, -0.25) is 14.3 Å². The number of fused-ring (bicyclic) bond motifs is 1. The maximum absolute atomic E-state index is 12.5. The summed E-state index contributed by atoms with van der Waals surface area (Å²) < 4.78 is 12.2. The van der Waals surface area contributed by atoms with Crippen LogP contribution in [0.2, 0.25) is 0 Å². The summed E-state index contributed by atoms with van der Waals surface area (Å²) >= 11 is 0. The molecule has 29 heavy (non-hydrogen) atoms. The number of amides is 2. The summed E-state index contributed by atoms with van der Waals surface area (Å²) in [5, 5.41) is 9.98. The van der Waals surface area contributed by atoms with Crippen LogP contribution in [-0.2, 0) is 7.05 Å². The van der Waals surface area contributed by atoms with Gasteiger partial charge in [0, 0.05) is 43.4 Å². The molecule has 9 heteroatoms. The molecular formula is C20H22N4O5. The van der Waals surface area contributed by atoms with Crippen molar-refractivity contribution in [1.29, 1.82) is 0 Å². The first-order valence-electron chi connectivity index (χ1n) is 9.16. The maximum Gasteiger partial charge on any atom is 0.337 e. The first-order valence-corrected chi connectivity index (χ1v) is 9.16. The van der Waals surface area contributed by atoms with Gasteiger partial charge in [0.15, 0.2) is 0 Å². The summed E-state index contributed by atoms with van der Waals surface area (Å²) in [6.45, 7) is 4.57. The molecule has 0 saturated carbocycles. The Kier molecular flexibility index (Phi) is 5.96. The molecule has 0 aliphatic carbocycles. The first kappa shape index (κ1) is 20.1. The van der Waals surface area contributed by atoms with Crippen LogP contribution >= 0.6 is 0 Å². The Balaban J connectivity index is 1.64. The van der Waals surface area contributed by atoms with E-state index in [1.54, 1.807) is 36.0 Å². The number of hydrogen-bond acceptors (Lipinski definition) is 6. The van der Waals surface area contributed by atoms with Crippen LogP contribution in [0.15, 0.2) is 39.5 Å². The van der Waals surface area contributed by atoms with Crippen molar-refractivity contribution in [3.05, 3.63) is 57.7 Å². The molecule has 0 aliphatic heterocycles. The fourth-order valence-corrected chi connectivity index (χ4v) is 2.80. The summed E-state index contributed by atoms with van der Waals surface area (Å²) in [7, 11) is 1.75. The molecule has 2 amide bonds. The van der Waals surface area contributed by atoms with E-state index < -0.39 is 11.5 Å². The second-order valence-corrected chi connectivity index (χ2v) is 6.38. The van der Waals surface area contributed by atoms with Gasteiger partial charge in [-0.15, -0.1) is 0 Å². The minimum Gasteiger partial charge on any atom is -0.494 e. The maximum atomic E-state index is 12.5. The number of benzene rings is 1. The van der Waals surface area contributed by atoms with Gasteiger partial charge in [0.05, 0.1) is 12.2 Å². The molecule has 2 N–H and O–H groups in total. The van der Waals surface area contributed by atoms with Gasteiger partial charge in [-0.05, 0) is 32.0 Å². The van der Waals surface area contributed by atoms with Crippen LogP contribution in [0.4, 0.5) is 0 Å². The number of carbonyl (C=O) groups excluding carboxylic acids is 2. The van der Waals surface area contributed by atoms with Crippen molar-refractivity contribution in [1.82, 2.24) is 20.4 Å². The van der Waals surface area contributed by atoms with Gasteiger partial charge in [-0.25, -0.2) is 4.79 Å². The molecular weight excluding hydrogens is 376 g/mol. The van der Waals surface area contributed by atoms with Crippen LogP contribution in [0.25, 0.3) is 11.0 Å². The van der Waals surface area contributed by atoms with E-state index in [2.05, 4.69) is 15.7 Å². The van der Waals surface area contributed by atoms with E-state index >= 15 is 0 Å². The van der Waals surface area contributed by atoms with Crippen LogP contribution in [0.5, 0.6) is 5.75 Å². The minimum atomic E-state index is -0.630. The van der Waals surface area contributed by atoms with Crippen LogP contribution in [-0.4, -0.2) is 41.3 Å². The predicted molar refractivity (Wildman–Crippen MR) is 106 cm³/mol. The number of ether oxygens (including phenoxy) is 1. The zero-order valence-electron chi connectivity index (χ0n) is 16.4. The molecule has 0 saturated heterocycles. The Bertz CT molecular complexity index is 1100. The molecule has 0 unspecified atom stereocenters. The number of carbonyl (C=O) groups is 2. The Labute approximate surface area is 166 Å². The number of nitrogens with one attached hydrogen (secondary N) is 2. The summed E-state index contributed by atoms with van der Waals surface area (Å²) in [4.78, 5) is 36.4. The Morgan fingerprint density at radius 3 is 2.52 bits per heavy atom. The lowest BCUT2D eigenvalue weighted by Crippen LogP contribution is -2.35. The van der Waals surface area contributed by atoms with Crippen LogP contribution < -0.4 is 21.0 Å². The van der Waals surface area contributed by atoms with Gasteiger partial charge in [0.1, 0.15) is 17.0 Å². The fourth-order valence-electron chi connectivity index (χ4n) is 2.80. The van der Waals surface area contributed by atoms with Gasteiger partial charge in [-0.2, -0.15) is 5.10 Å². The van der Waals surface area contributed by atoms with Gasteiger partial charge < -0.3 is 19.8 Å². The smallest absolute Gasteiger partial charge is 0.337 e. The summed E-state index contributed by atoms with van der Waals surface area (Å²) in [5.74, 6) is -0.208. The molecule has 152 valence electrons. The van der Waals surface area contributed by atoms with Gasteiger partial charge in [0.2, 0.25) is 0 Å². The van der Waals surface area contributed by atoms with Crippen molar-refractivity contribution >= 4 is 22.8 Å². The van der Waals surface area contributed by atoms with Crippen LogP contribution in [0.1, 0.15) is 33.5 Å². The lowest BCUT2D eigenvalue weighted by molar-refractivity contribution is 0.0925. The highest BCUT2D eigenvalue weighted by Crippen LogP contribution is 2.22. The molecule has 9 nitrogen and oxygen atoms in total. The second kappa shape index (κ2) is 8.59. The highest BCUT2D eigenvalue weighted by molar-refractivity contribution is 6.05. The highest BCUT2D eigenvalue weighted by atomic mass is 16.5. The Morgan fingerprint density at radius 2 is 1.86 bits per heavy atom. The summed E-state index contributed by atoms with van der Waals surface area (Å²) in [6, 6.07) is 7.78. The standard InChI is InChI=1S/C20H22N4O5/c1-4-28-13-5-6-14-15(11-18(25)29-17(14)10-13)19(26)21-7-8-22-20(27)16-9-12(2)24(3)23-16/h5-6,9-11H,4,7-8H2,1-3H3,(H,21,26)(H,22,27). The molecule has 2 heterocycles. The molecule has 0 spiro atoms. The number of rotatable bonds is 7. The van der Waals surface area contributed by atoms with E-state index in [0.29, 0.717) is 23.4 Å². The van der Waals surface area contributed by atoms with E-state index in [4.69, 9.17) is 9.15 Å². The highest BCUT2D eigenvalue weighted by Gasteiger charge is 2.14. The van der Waals surface area contributed by atoms with E-state index in [1.165, 1.54) is 0 Å². The van der Waals surface area contributed by atoms with E-state index in [1.807, 2.05) is 13.8 Å². The number of hydrogen-bond donors (Lipinski definition) is 2. The molecule has 2 aromatic heterocycles. The molecule has 3 rings (SSSR count). The predicted octanol–water partition coefficient (Wildman–Crippen LogP) is 1.39. The van der Waals surface area contributed by atoms with E-state index in [-0.39, 0.29) is 30.1 Å². The van der Waals surface area contributed by atoms with Crippen molar-refractivity contribution in [2.24, 2.45) is 7.05 Å². The average Bonchev–Trinajstić information content (AvgIpc) is 3.03. The minimum absolute atomic E-state index is 0.190. The Hall–Kier alpha value is -3.62. The lowest BCUT2D eigenvalue weighted by atomic mass is 10.1. The zero-order valence-corrected chi connectivity index (χ0v) is 16.4. The average molecular weight is 398 g/mol. The number of aromatic nitrogens is 2. The van der Waals surface area contributed by atoms with Gasteiger partial charge in [-0.1, -0.05) is 0 Å². The quantitative estimate of drug-likeness (QED) is 0.459. The second-order valence-electron chi connectivity index (χ2n) is 6.38. The van der Waals surface area contributed by atoms with E-state index in [9.17, 15) is 14.4 Å². The molecule has 0 atom stereocenters.